The smallest absolute Gasteiger partial charge is 0.0878 e. The molecule has 0 aromatic rings. The van der Waals surface area contributed by atoms with Gasteiger partial charge in [-0.05, 0) is 67.4 Å². The van der Waals surface area contributed by atoms with E-state index in [9.17, 15) is 0 Å². The summed E-state index contributed by atoms with van der Waals surface area (Å²) in [6.45, 7) is 3.37. The van der Waals surface area contributed by atoms with Crippen LogP contribution in [0, 0.1) is 5.41 Å². The van der Waals surface area contributed by atoms with Crippen LogP contribution in [0.1, 0.15) is 64.7 Å². The maximum absolute atomic E-state index is 5.79. The summed E-state index contributed by atoms with van der Waals surface area (Å²) in [4.78, 5) is 0. The first kappa shape index (κ1) is 14.3. The van der Waals surface area contributed by atoms with Gasteiger partial charge in [-0.25, -0.2) is 0 Å². The van der Waals surface area contributed by atoms with Crippen LogP contribution < -0.4 is 0 Å². The molecule has 1 aliphatic heterocycles. The van der Waals surface area contributed by atoms with Gasteiger partial charge in [0.15, 0.2) is 0 Å². The second-order valence-electron chi connectivity index (χ2n) is 6.28. The van der Waals surface area contributed by atoms with Crippen molar-refractivity contribution in [2.45, 2.75) is 64.7 Å². The summed E-state index contributed by atoms with van der Waals surface area (Å²) in [7, 11) is 0. The summed E-state index contributed by atoms with van der Waals surface area (Å²) in [5.41, 5.74) is 2.05. The van der Waals surface area contributed by atoms with Crippen molar-refractivity contribution >= 4 is 11.8 Å². The van der Waals surface area contributed by atoms with Crippen LogP contribution in [0.4, 0.5) is 0 Å². The molecule has 0 aromatic carbocycles. The number of rotatable bonds is 4. The number of hydrogen-bond donors (Lipinski definition) is 0. The van der Waals surface area contributed by atoms with Gasteiger partial charge in [-0.3, -0.25) is 0 Å². The molecular formula is C16H28OS. The van der Waals surface area contributed by atoms with E-state index in [1.54, 1.807) is 0 Å². The fourth-order valence-electron chi connectivity index (χ4n) is 2.95. The number of allylic oxidation sites excluding steroid dienone is 1. The maximum atomic E-state index is 5.79. The highest BCUT2D eigenvalue weighted by Gasteiger charge is 2.24. The van der Waals surface area contributed by atoms with Crippen molar-refractivity contribution < 1.29 is 4.74 Å². The first-order chi connectivity index (χ1) is 8.79. The van der Waals surface area contributed by atoms with Gasteiger partial charge < -0.3 is 4.74 Å². The molecule has 2 aliphatic rings. The molecule has 1 saturated heterocycles. The summed E-state index contributed by atoms with van der Waals surface area (Å²) in [6.07, 6.45) is 14.2. The Kier molecular flexibility index (Phi) is 5.94. The highest BCUT2D eigenvalue weighted by Crippen LogP contribution is 2.35. The SMILES string of the molecule is CC1(CCOC=C2CCCC2)CCCCCSC1. The van der Waals surface area contributed by atoms with E-state index in [0.717, 1.165) is 6.61 Å². The average molecular weight is 268 g/mol. The van der Waals surface area contributed by atoms with Crippen molar-refractivity contribution in [1.82, 2.24) is 0 Å². The molecule has 2 rings (SSSR count). The molecule has 0 aromatic heterocycles. The average Bonchev–Trinajstić information content (AvgIpc) is 2.83. The van der Waals surface area contributed by atoms with E-state index < -0.39 is 0 Å². The molecule has 0 amide bonds. The molecule has 0 bridgehead atoms. The van der Waals surface area contributed by atoms with E-state index >= 15 is 0 Å². The van der Waals surface area contributed by atoms with E-state index in [1.807, 2.05) is 0 Å². The van der Waals surface area contributed by atoms with Crippen molar-refractivity contribution in [2.75, 3.05) is 18.1 Å². The highest BCUT2D eigenvalue weighted by molar-refractivity contribution is 7.99. The van der Waals surface area contributed by atoms with E-state index in [0.29, 0.717) is 5.41 Å². The summed E-state index contributed by atoms with van der Waals surface area (Å²) < 4.78 is 5.79. The van der Waals surface area contributed by atoms with Crippen LogP contribution in [-0.4, -0.2) is 18.1 Å². The minimum absolute atomic E-state index is 0.513. The van der Waals surface area contributed by atoms with Gasteiger partial charge in [-0.15, -0.1) is 0 Å². The predicted octanol–water partition coefficient (Wildman–Crippen LogP) is 5.16. The molecule has 104 valence electrons. The molecule has 1 atom stereocenters. The van der Waals surface area contributed by atoms with Crippen molar-refractivity contribution in [3.63, 3.8) is 0 Å². The van der Waals surface area contributed by atoms with Gasteiger partial charge in [-0.2, -0.15) is 11.8 Å². The summed E-state index contributed by atoms with van der Waals surface area (Å²) in [5.74, 6) is 2.69. The Morgan fingerprint density at radius 3 is 2.83 bits per heavy atom. The minimum atomic E-state index is 0.513. The van der Waals surface area contributed by atoms with Crippen LogP contribution in [0.2, 0.25) is 0 Å². The molecule has 2 fully saturated rings. The van der Waals surface area contributed by atoms with Crippen molar-refractivity contribution in [2.24, 2.45) is 5.41 Å². The Hall–Kier alpha value is -0.110. The van der Waals surface area contributed by atoms with Gasteiger partial charge in [0, 0.05) is 0 Å². The Morgan fingerprint density at radius 1 is 1.17 bits per heavy atom. The van der Waals surface area contributed by atoms with Gasteiger partial charge in [0.05, 0.1) is 12.9 Å². The summed E-state index contributed by atoms with van der Waals surface area (Å²) in [6, 6.07) is 0. The second-order valence-corrected chi connectivity index (χ2v) is 7.38. The van der Waals surface area contributed by atoms with Gasteiger partial charge in [-0.1, -0.05) is 19.8 Å². The zero-order chi connectivity index (χ0) is 12.7. The fourth-order valence-corrected chi connectivity index (χ4v) is 4.28. The minimum Gasteiger partial charge on any atom is -0.501 e. The lowest BCUT2D eigenvalue weighted by Gasteiger charge is -2.30. The van der Waals surface area contributed by atoms with E-state index in [4.69, 9.17) is 4.74 Å². The largest absolute Gasteiger partial charge is 0.501 e. The number of ether oxygens (including phenoxy) is 1. The van der Waals surface area contributed by atoms with Gasteiger partial charge in [0.2, 0.25) is 0 Å². The van der Waals surface area contributed by atoms with Crippen LogP contribution in [0.5, 0.6) is 0 Å². The lowest BCUT2D eigenvalue weighted by molar-refractivity contribution is 0.178. The number of hydrogen-bond acceptors (Lipinski definition) is 2. The third-order valence-corrected chi connectivity index (χ3v) is 5.82. The lowest BCUT2D eigenvalue weighted by Crippen LogP contribution is -2.23. The first-order valence-corrected chi connectivity index (χ1v) is 8.81. The van der Waals surface area contributed by atoms with Crippen LogP contribution in [0.15, 0.2) is 11.8 Å². The zero-order valence-corrected chi connectivity index (χ0v) is 12.7. The highest BCUT2D eigenvalue weighted by atomic mass is 32.2. The van der Waals surface area contributed by atoms with E-state index in [2.05, 4.69) is 24.9 Å². The van der Waals surface area contributed by atoms with Crippen molar-refractivity contribution in [1.29, 1.82) is 0 Å². The molecule has 2 heteroatoms. The van der Waals surface area contributed by atoms with Crippen LogP contribution >= 0.6 is 11.8 Å². The maximum Gasteiger partial charge on any atom is 0.0878 e. The molecule has 1 unspecified atom stereocenters. The first-order valence-electron chi connectivity index (χ1n) is 7.66. The van der Waals surface area contributed by atoms with Crippen LogP contribution in [0.3, 0.4) is 0 Å². The van der Waals surface area contributed by atoms with Gasteiger partial charge in [0.25, 0.3) is 0 Å². The van der Waals surface area contributed by atoms with Gasteiger partial charge in [0.1, 0.15) is 0 Å². The lowest BCUT2D eigenvalue weighted by atomic mass is 9.83. The normalized spacial score (nSPS) is 29.7. The summed E-state index contributed by atoms with van der Waals surface area (Å²) >= 11 is 2.15. The Balaban J connectivity index is 1.68. The molecule has 1 saturated carbocycles. The van der Waals surface area contributed by atoms with Crippen molar-refractivity contribution in [3.05, 3.63) is 11.8 Å². The Labute approximate surface area is 117 Å². The fraction of sp³-hybridized carbons (Fsp3) is 0.875. The zero-order valence-electron chi connectivity index (χ0n) is 11.9. The summed E-state index contributed by atoms with van der Waals surface area (Å²) in [5, 5.41) is 0. The molecule has 0 N–H and O–H groups in total. The quantitative estimate of drug-likeness (QED) is 0.514. The van der Waals surface area contributed by atoms with E-state index in [1.165, 1.54) is 74.9 Å². The van der Waals surface area contributed by atoms with Crippen LogP contribution in [-0.2, 0) is 4.74 Å². The molecular weight excluding hydrogens is 240 g/mol. The Bertz CT molecular complexity index is 256. The molecule has 1 heterocycles. The Morgan fingerprint density at radius 2 is 2.00 bits per heavy atom. The predicted molar refractivity (Wildman–Crippen MR) is 81.0 cm³/mol. The van der Waals surface area contributed by atoms with Crippen LogP contribution in [0.25, 0.3) is 0 Å². The third-order valence-electron chi connectivity index (χ3n) is 4.34. The molecule has 1 aliphatic carbocycles. The standard InChI is InChI=1S/C16H28OS/c1-16(9-5-2-6-12-18-14-16)10-11-17-13-15-7-3-4-8-15/h13H,2-12,14H2,1H3. The monoisotopic (exact) mass is 268 g/mol. The third kappa shape index (κ3) is 4.87. The second kappa shape index (κ2) is 7.47. The molecule has 0 spiro atoms. The molecule has 18 heavy (non-hydrogen) atoms. The van der Waals surface area contributed by atoms with E-state index in [-0.39, 0.29) is 0 Å². The molecule has 0 radical (unpaired) electrons. The van der Waals surface area contributed by atoms with Crippen molar-refractivity contribution in [3.8, 4) is 0 Å². The number of thioether (sulfide) groups is 1. The topological polar surface area (TPSA) is 9.23 Å². The van der Waals surface area contributed by atoms with Gasteiger partial charge >= 0.3 is 0 Å². The molecule has 1 nitrogen and oxygen atoms in total.